The Morgan fingerprint density at radius 2 is 2.00 bits per heavy atom. The summed E-state index contributed by atoms with van der Waals surface area (Å²) in [6, 6.07) is 1.87. The van der Waals surface area contributed by atoms with Crippen molar-refractivity contribution in [2.75, 3.05) is 0 Å². The van der Waals surface area contributed by atoms with E-state index < -0.39 is 11.9 Å². The topological polar surface area (TPSA) is 55.1 Å². The van der Waals surface area contributed by atoms with E-state index >= 15 is 0 Å². The molecule has 0 aromatic heterocycles. The van der Waals surface area contributed by atoms with Crippen LogP contribution in [0.1, 0.15) is 31.9 Å². The van der Waals surface area contributed by atoms with E-state index in [-0.39, 0.29) is 35.8 Å². The molecule has 2 unspecified atom stereocenters. The summed E-state index contributed by atoms with van der Waals surface area (Å²) in [6.07, 6.45) is 0.189. The molecule has 0 radical (unpaired) electrons. The van der Waals surface area contributed by atoms with Crippen LogP contribution in [-0.4, -0.2) is 11.9 Å². The van der Waals surface area contributed by atoms with Crippen LogP contribution < -0.4 is 11.1 Å². The van der Waals surface area contributed by atoms with E-state index in [0.29, 0.717) is 10.6 Å². The Balaban J connectivity index is 0.00000324. The molecule has 0 fully saturated rings. The van der Waals surface area contributed by atoms with Gasteiger partial charge in [0.1, 0.15) is 5.82 Å². The quantitative estimate of drug-likeness (QED) is 0.831. The van der Waals surface area contributed by atoms with Gasteiger partial charge >= 0.3 is 0 Å². The number of amides is 1. The Hall–Kier alpha value is -0.550. The van der Waals surface area contributed by atoms with Crippen LogP contribution in [0.4, 0.5) is 4.39 Å². The maximum absolute atomic E-state index is 13.3. The number of nitrogens with one attached hydrogen (secondary N) is 1. The molecule has 2 atom stereocenters. The standard InChI is InChI=1S/C12H15Cl2FN2O.ClH/c1-6(16)5-10(18)17-7(2)11-8(13)3-4-9(15)12(11)14;/h3-4,6-7H,5,16H2,1-2H3,(H,17,18);1H. The van der Waals surface area contributed by atoms with Crippen molar-refractivity contribution in [1.29, 1.82) is 0 Å². The van der Waals surface area contributed by atoms with Gasteiger partial charge in [0, 0.05) is 23.0 Å². The second-order valence-electron chi connectivity index (χ2n) is 4.23. The second kappa shape index (κ2) is 7.90. The third kappa shape index (κ3) is 5.15. The zero-order valence-electron chi connectivity index (χ0n) is 10.5. The molecule has 1 aromatic carbocycles. The fourth-order valence-electron chi connectivity index (χ4n) is 1.60. The highest BCUT2D eigenvalue weighted by atomic mass is 35.5. The van der Waals surface area contributed by atoms with E-state index in [1.807, 2.05) is 0 Å². The highest BCUT2D eigenvalue weighted by Gasteiger charge is 2.19. The lowest BCUT2D eigenvalue weighted by Gasteiger charge is -2.18. The largest absolute Gasteiger partial charge is 0.349 e. The maximum Gasteiger partial charge on any atom is 0.222 e. The van der Waals surface area contributed by atoms with Gasteiger partial charge in [-0.15, -0.1) is 12.4 Å². The van der Waals surface area contributed by atoms with Crippen LogP contribution in [0.3, 0.4) is 0 Å². The van der Waals surface area contributed by atoms with Crippen molar-refractivity contribution in [3.63, 3.8) is 0 Å². The van der Waals surface area contributed by atoms with Crippen LogP contribution >= 0.6 is 35.6 Å². The fraction of sp³-hybridized carbons (Fsp3) is 0.417. The van der Waals surface area contributed by atoms with Gasteiger partial charge in [-0.2, -0.15) is 0 Å². The van der Waals surface area contributed by atoms with E-state index in [9.17, 15) is 9.18 Å². The third-order valence-corrected chi connectivity index (χ3v) is 3.11. The first-order valence-electron chi connectivity index (χ1n) is 5.51. The van der Waals surface area contributed by atoms with E-state index in [4.69, 9.17) is 28.9 Å². The Labute approximate surface area is 128 Å². The summed E-state index contributed by atoms with van der Waals surface area (Å²) in [7, 11) is 0. The van der Waals surface area contributed by atoms with Crippen LogP contribution in [0, 0.1) is 5.82 Å². The van der Waals surface area contributed by atoms with Gasteiger partial charge in [-0.25, -0.2) is 4.39 Å². The summed E-state index contributed by atoms with van der Waals surface area (Å²) in [5.41, 5.74) is 5.89. The fourth-order valence-corrected chi connectivity index (χ4v) is 2.30. The molecule has 0 aliphatic heterocycles. The number of benzene rings is 1. The number of nitrogens with two attached hydrogens (primary N) is 1. The van der Waals surface area contributed by atoms with Gasteiger partial charge in [0.2, 0.25) is 5.91 Å². The number of rotatable bonds is 4. The summed E-state index contributed by atoms with van der Waals surface area (Å²) in [4.78, 5) is 11.6. The molecule has 1 amide bonds. The molecular weight excluding hydrogens is 314 g/mol. The Morgan fingerprint density at radius 3 is 2.53 bits per heavy atom. The molecule has 3 nitrogen and oxygen atoms in total. The van der Waals surface area contributed by atoms with Crippen molar-refractivity contribution in [2.24, 2.45) is 5.73 Å². The number of carbonyl (C=O) groups is 1. The predicted octanol–water partition coefficient (Wildman–Crippen LogP) is 3.47. The normalized spacial score (nSPS) is 13.4. The van der Waals surface area contributed by atoms with Gasteiger partial charge in [-0.05, 0) is 26.0 Å². The lowest BCUT2D eigenvalue weighted by Crippen LogP contribution is -2.32. The summed E-state index contributed by atoms with van der Waals surface area (Å²) >= 11 is 11.8. The molecule has 0 aliphatic rings. The lowest BCUT2D eigenvalue weighted by atomic mass is 10.1. The third-order valence-electron chi connectivity index (χ3n) is 2.40. The van der Waals surface area contributed by atoms with E-state index in [1.54, 1.807) is 13.8 Å². The van der Waals surface area contributed by atoms with Gasteiger partial charge in [0.05, 0.1) is 11.1 Å². The number of hydrogen-bond donors (Lipinski definition) is 2. The number of halogens is 4. The van der Waals surface area contributed by atoms with Gasteiger partial charge in [-0.1, -0.05) is 23.2 Å². The highest BCUT2D eigenvalue weighted by molar-refractivity contribution is 6.36. The zero-order valence-corrected chi connectivity index (χ0v) is 12.9. The first-order valence-corrected chi connectivity index (χ1v) is 6.26. The van der Waals surface area contributed by atoms with Crippen molar-refractivity contribution >= 4 is 41.5 Å². The molecule has 108 valence electrons. The minimum Gasteiger partial charge on any atom is -0.349 e. The zero-order chi connectivity index (χ0) is 13.9. The van der Waals surface area contributed by atoms with Crippen LogP contribution in [0.15, 0.2) is 12.1 Å². The first kappa shape index (κ1) is 18.4. The molecule has 0 heterocycles. The Bertz CT molecular complexity index is 455. The predicted molar refractivity (Wildman–Crippen MR) is 78.5 cm³/mol. The van der Waals surface area contributed by atoms with Crippen LogP contribution in [0.25, 0.3) is 0 Å². The average molecular weight is 330 g/mol. The molecule has 0 aliphatic carbocycles. The van der Waals surface area contributed by atoms with Crippen molar-refractivity contribution in [3.8, 4) is 0 Å². The second-order valence-corrected chi connectivity index (χ2v) is 5.01. The molecule has 7 heteroatoms. The summed E-state index contributed by atoms with van der Waals surface area (Å²) in [5.74, 6) is -0.793. The van der Waals surface area contributed by atoms with Gasteiger partial charge in [-0.3, -0.25) is 4.79 Å². The molecule has 0 saturated heterocycles. The molecule has 1 rings (SSSR count). The van der Waals surface area contributed by atoms with E-state index in [1.165, 1.54) is 12.1 Å². The van der Waals surface area contributed by atoms with Crippen molar-refractivity contribution < 1.29 is 9.18 Å². The summed E-state index contributed by atoms with van der Waals surface area (Å²) < 4.78 is 13.3. The summed E-state index contributed by atoms with van der Waals surface area (Å²) in [5, 5.41) is 2.92. The van der Waals surface area contributed by atoms with E-state index in [2.05, 4.69) is 5.32 Å². The van der Waals surface area contributed by atoms with Crippen molar-refractivity contribution in [2.45, 2.75) is 32.4 Å². The van der Waals surface area contributed by atoms with Crippen molar-refractivity contribution in [3.05, 3.63) is 33.6 Å². The number of carbonyl (C=O) groups excluding carboxylic acids is 1. The first-order chi connectivity index (χ1) is 8.32. The lowest BCUT2D eigenvalue weighted by molar-refractivity contribution is -0.122. The highest BCUT2D eigenvalue weighted by Crippen LogP contribution is 2.32. The van der Waals surface area contributed by atoms with Gasteiger partial charge < -0.3 is 11.1 Å². The van der Waals surface area contributed by atoms with Gasteiger partial charge in [0.25, 0.3) is 0 Å². The average Bonchev–Trinajstić information content (AvgIpc) is 2.22. The van der Waals surface area contributed by atoms with Crippen LogP contribution in [-0.2, 0) is 4.79 Å². The minimum absolute atomic E-state index is 0. The molecule has 0 bridgehead atoms. The molecule has 19 heavy (non-hydrogen) atoms. The molecule has 0 saturated carbocycles. The molecule has 3 N–H and O–H groups in total. The molecule has 0 spiro atoms. The van der Waals surface area contributed by atoms with Crippen LogP contribution in [0.2, 0.25) is 10.0 Å². The minimum atomic E-state index is -0.565. The van der Waals surface area contributed by atoms with E-state index in [0.717, 1.165) is 0 Å². The van der Waals surface area contributed by atoms with Crippen LogP contribution in [0.5, 0.6) is 0 Å². The smallest absolute Gasteiger partial charge is 0.222 e. The molecular formula is C12H16Cl3FN2O. The Kier molecular flexibility index (Phi) is 7.67. The Morgan fingerprint density at radius 1 is 1.42 bits per heavy atom. The summed E-state index contributed by atoms with van der Waals surface area (Å²) in [6.45, 7) is 3.41. The van der Waals surface area contributed by atoms with Crippen molar-refractivity contribution in [1.82, 2.24) is 5.32 Å². The molecule has 1 aromatic rings. The maximum atomic E-state index is 13.3. The SMILES string of the molecule is CC(N)CC(=O)NC(C)c1c(Cl)ccc(F)c1Cl.Cl. The number of hydrogen-bond acceptors (Lipinski definition) is 2. The monoisotopic (exact) mass is 328 g/mol. The van der Waals surface area contributed by atoms with Gasteiger partial charge in [0.15, 0.2) is 0 Å².